The fourth-order valence-electron chi connectivity index (χ4n) is 2.79. The van der Waals surface area contributed by atoms with Gasteiger partial charge >= 0.3 is 0 Å². The predicted octanol–water partition coefficient (Wildman–Crippen LogP) is 3.87. The Morgan fingerprint density at radius 1 is 1.19 bits per heavy atom. The molecular weight excluding hydrogens is 358 g/mol. The number of anilines is 2. The number of nitro groups is 1. The molecule has 1 aliphatic heterocycles. The number of carbonyl (C=O) groups is 1. The molecule has 0 saturated carbocycles. The Bertz CT molecular complexity index is 805. The monoisotopic (exact) mass is 375 g/mol. The van der Waals surface area contributed by atoms with Crippen molar-refractivity contribution in [2.75, 3.05) is 29.9 Å². The number of nitro benzene ring substituents is 1. The Labute approximate surface area is 155 Å². The third-order valence-corrected chi connectivity index (χ3v) is 4.40. The maximum atomic E-state index is 12.0. The van der Waals surface area contributed by atoms with Gasteiger partial charge in [-0.05, 0) is 43.2 Å². The third kappa shape index (κ3) is 4.43. The van der Waals surface area contributed by atoms with Crippen LogP contribution in [0.1, 0.15) is 12.8 Å². The fraction of sp³-hybridized carbons (Fsp3) is 0.278. The van der Waals surface area contributed by atoms with E-state index >= 15 is 0 Å². The van der Waals surface area contributed by atoms with Crippen LogP contribution < -0.4 is 15.0 Å². The van der Waals surface area contributed by atoms with E-state index in [0.29, 0.717) is 5.69 Å². The summed E-state index contributed by atoms with van der Waals surface area (Å²) in [5.41, 5.74) is 1.69. The molecule has 1 fully saturated rings. The Kier molecular flexibility index (Phi) is 5.58. The first-order valence-electron chi connectivity index (χ1n) is 8.24. The Hall–Kier alpha value is -2.80. The smallest absolute Gasteiger partial charge is 0.271 e. The van der Waals surface area contributed by atoms with Gasteiger partial charge in [0.25, 0.3) is 11.6 Å². The topological polar surface area (TPSA) is 84.7 Å². The minimum atomic E-state index is -0.547. The number of rotatable bonds is 6. The zero-order chi connectivity index (χ0) is 18.5. The largest absolute Gasteiger partial charge is 0.482 e. The van der Waals surface area contributed by atoms with E-state index < -0.39 is 4.92 Å². The number of benzene rings is 2. The average molecular weight is 376 g/mol. The molecule has 1 heterocycles. The van der Waals surface area contributed by atoms with Gasteiger partial charge in [-0.15, -0.1) is 0 Å². The van der Waals surface area contributed by atoms with Gasteiger partial charge in [0.15, 0.2) is 6.61 Å². The number of ether oxygens (including phenoxy) is 1. The third-order valence-electron chi connectivity index (χ3n) is 4.11. The van der Waals surface area contributed by atoms with Crippen molar-refractivity contribution in [2.45, 2.75) is 12.8 Å². The van der Waals surface area contributed by atoms with Gasteiger partial charge in [0.05, 0.1) is 9.95 Å². The van der Waals surface area contributed by atoms with E-state index in [-0.39, 0.29) is 29.0 Å². The zero-order valence-corrected chi connectivity index (χ0v) is 14.7. The number of non-ortho nitro benzene ring substituents is 1. The van der Waals surface area contributed by atoms with Crippen molar-refractivity contribution in [1.82, 2.24) is 0 Å². The van der Waals surface area contributed by atoms with Gasteiger partial charge < -0.3 is 15.0 Å². The number of hydrogen-bond acceptors (Lipinski definition) is 5. The van der Waals surface area contributed by atoms with E-state index in [1.807, 2.05) is 24.3 Å². The summed E-state index contributed by atoms with van der Waals surface area (Å²) in [5.74, 6) is -0.120. The van der Waals surface area contributed by atoms with E-state index in [2.05, 4.69) is 10.2 Å². The molecule has 1 amide bonds. The van der Waals surface area contributed by atoms with Crippen molar-refractivity contribution in [1.29, 1.82) is 0 Å². The summed E-state index contributed by atoms with van der Waals surface area (Å²) in [6, 6.07) is 11.5. The van der Waals surface area contributed by atoms with Crippen LogP contribution in [0.25, 0.3) is 0 Å². The second-order valence-corrected chi connectivity index (χ2v) is 6.36. The number of amides is 1. The van der Waals surface area contributed by atoms with Crippen LogP contribution in [-0.4, -0.2) is 30.5 Å². The second-order valence-electron chi connectivity index (χ2n) is 5.95. The molecule has 0 unspecified atom stereocenters. The molecule has 0 atom stereocenters. The second kappa shape index (κ2) is 8.05. The summed E-state index contributed by atoms with van der Waals surface area (Å²) in [5, 5.41) is 13.5. The highest BCUT2D eigenvalue weighted by molar-refractivity contribution is 6.32. The van der Waals surface area contributed by atoms with Gasteiger partial charge in [0, 0.05) is 36.6 Å². The van der Waals surface area contributed by atoms with Crippen molar-refractivity contribution in [3.63, 3.8) is 0 Å². The lowest BCUT2D eigenvalue weighted by Crippen LogP contribution is -2.20. The van der Waals surface area contributed by atoms with Crippen molar-refractivity contribution in [3.05, 3.63) is 57.6 Å². The molecule has 0 spiro atoms. The minimum Gasteiger partial charge on any atom is -0.482 e. The molecule has 26 heavy (non-hydrogen) atoms. The van der Waals surface area contributed by atoms with Crippen molar-refractivity contribution < 1.29 is 14.5 Å². The maximum Gasteiger partial charge on any atom is 0.271 e. The first kappa shape index (κ1) is 18.0. The standard InChI is InChI=1S/C18H18ClN3O4/c19-16-11-15(22(24)25)7-8-17(16)26-12-18(23)20-13-3-5-14(6-4-13)21-9-1-2-10-21/h3-8,11H,1-2,9-10,12H2,(H,20,23). The normalized spacial score (nSPS) is 13.5. The van der Waals surface area contributed by atoms with Crippen LogP contribution in [0, 0.1) is 10.1 Å². The molecular formula is C18H18ClN3O4. The molecule has 1 saturated heterocycles. The Balaban J connectivity index is 1.53. The number of nitrogens with zero attached hydrogens (tertiary/aromatic N) is 2. The number of halogens is 1. The SMILES string of the molecule is O=C(COc1ccc([N+](=O)[O-])cc1Cl)Nc1ccc(N2CCCC2)cc1. The van der Waals surface area contributed by atoms with Crippen LogP contribution in [0.4, 0.5) is 17.1 Å². The van der Waals surface area contributed by atoms with Crippen molar-refractivity contribution in [3.8, 4) is 5.75 Å². The van der Waals surface area contributed by atoms with Gasteiger partial charge in [0.2, 0.25) is 0 Å². The van der Waals surface area contributed by atoms with Gasteiger partial charge in [0.1, 0.15) is 5.75 Å². The van der Waals surface area contributed by atoms with Gasteiger partial charge in [-0.3, -0.25) is 14.9 Å². The molecule has 0 aliphatic carbocycles. The van der Waals surface area contributed by atoms with E-state index in [0.717, 1.165) is 18.8 Å². The van der Waals surface area contributed by atoms with Crippen LogP contribution in [0.3, 0.4) is 0 Å². The lowest BCUT2D eigenvalue weighted by molar-refractivity contribution is -0.384. The number of hydrogen-bond donors (Lipinski definition) is 1. The van der Waals surface area contributed by atoms with Crippen molar-refractivity contribution in [2.24, 2.45) is 0 Å². The van der Waals surface area contributed by atoms with Crippen LogP contribution in [0.2, 0.25) is 5.02 Å². The molecule has 1 N–H and O–H groups in total. The molecule has 2 aromatic rings. The summed E-state index contributed by atoms with van der Waals surface area (Å²) >= 11 is 5.93. The molecule has 0 radical (unpaired) electrons. The molecule has 1 aliphatic rings. The predicted molar refractivity (Wildman–Crippen MR) is 100 cm³/mol. The maximum absolute atomic E-state index is 12.0. The minimum absolute atomic E-state index is 0.0852. The molecule has 0 aromatic heterocycles. The summed E-state index contributed by atoms with van der Waals surface area (Å²) in [6.45, 7) is 1.89. The van der Waals surface area contributed by atoms with Gasteiger partial charge in [-0.25, -0.2) is 0 Å². The summed E-state index contributed by atoms with van der Waals surface area (Å²) in [7, 11) is 0. The van der Waals surface area contributed by atoms with E-state index in [9.17, 15) is 14.9 Å². The van der Waals surface area contributed by atoms with Crippen LogP contribution in [0.15, 0.2) is 42.5 Å². The lowest BCUT2D eigenvalue weighted by atomic mass is 10.2. The van der Waals surface area contributed by atoms with Crippen LogP contribution in [-0.2, 0) is 4.79 Å². The highest BCUT2D eigenvalue weighted by Crippen LogP contribution is 2.28. The van der Waals surface area contributed by atoms with Crippen molar-refractivity contribution >= 4 is 34.6 Å². The Morgan fingerprint density at radius 3 is 2.50 bits per heavy atom. The first-order valence-corrected chi connectivity index (χ1v) is 8.62. The fourth-order valence-corrected chi connectivity index (χ4v) is 3.02. The molecule has 2 aromatic carbocycles. The number of nitrogens with one attached hydrogen (secondary N) is 1. The van der Waals surface area contributed by atoms with E-state index in [1.54, 1.807) is 0 Å². The van der Waals surface area contributed by atoms with Gasteiger partial charge in [-0.1, -0.05) is 11.6 Å². The zero-order valence-electron chi connectivity index (χ0n) is 14.0. The molecule has 8 heteroatoms. The average Bonchev–Trinajstić information content (AvgIpc) is 3.16. The first-order chi connectivity index (χ1) is 12.5. The van der Waals surface area contributed by atoms with Gasteiger partial charge in [-0.2, -0.15) is 0 Å². The highest BCUT2D eigenvalue weighted by Gasteiger charge is 2.13. The quantitative estimate of drug-likeness (QED) is 0.612. The molecule has 0 bridgehead atoms. The lowest BCUT2D eigenvalue weighted by Gasteiger charge is -2.17. The Morgan fingerprint density at radius 2 is 1.88 bits per heavy atom. The summed E-state index contributed by atoms with van der Waals surface area (Å²) in [4.78, 5) is 24.5. The highest BCUT2D eigenvalue weighted by atomic mass is 35.5. The van der Waals surface area contributed by atoms with E-state index in [1.165, 1.54) is 31.0 Å². The number of carbonyl (C=O) groups excluding carboxylic acids is 1. The molecule has 136 valence electrons. The molecule has 7 nitrogen and oxygen atoms in total. The molecule has 3 rings (SSSR count). The van der Waals surface area contributed by atoms with Crippen LogP contribution >= 0.6 is 11.6 Å². The van der Waals surface area contributed by atoms with Crippen LogP contribution in [0.5, 0.6) is 5.75 Å². The summed E-state index contributed by atoms with van der Waals surface area (Å²) < 4.78 is 5.34. The van der Waals surface area contributed by atoms with E-state index in [4.69, 9.17) is 16.3 Å². The summed E-state index contributed by atoms with van der Waals surface area (Å²) in [6.07, 6.45) is 2.42.